The lowest BCUT2D eigenvalue weighted by Gasteiger charge is -2.40. The maximum absolute atomic E-state index is 11.3. The van der Waals surface area contributed by atoms with Gasteiger partial charge in [-0.25, -0.2) is 0 Å². The molecule has 0 aliphatic carbocycles. The number of hydrogen-bond donors (Lipinski definition) is 1. The molecule has 2 rings (SSSR count). The summed E-state index contributed by atoms with van der Waals surface area (Å²) in [6.07, 6.45) is 3.51. The van der Waals surface area contributed by atoms with Crippen LogP contribution in [0.1, 0.15) is 32.6 Å². The van der Waals surface area contributed by atoms with Gasteiger partial charge < -0.3 is 14.8 Å². The lowest BCUT2D eigenvalue weighted by molar-refractivity contribution is -0.184. The molecule has 2 fully saturated rings. The van der Waals surface area contributed by atoms with E-state index in [2.05, 4.69) is 5.32 Å². The molecule has 14 heavy (non-hydrogen) atoms. The van der Waals surface area contributed by atoms with Crippen molar-refractivity contribution in [2.45, 2.75) is 50.5 Å². The zero-order chi connectivity index (χ0) is 10.2. The van der Waals surface area contributed by atoms with Crippen molar-refractivity contribution < 1.29 is 14.3 Å². The Morgan fingerprint density at radius 1 is 1.64 bits per heavy atom. The number of carbonyl (C=O) groups excluding carboxylic acids is 1. The molecule has 0 aromatic rings. The van der Waals surface area contributed by atoms with E-state index in [-0.39, 0.29) is 18.1 Å². The molecule has 1 N–H and O–H groups in total. The van der Waals surface area contributed by atoms with Gasteiger partial charge in [0.25, 0.3) is 0 Å². The lowest BCUT2D eigenvalue weighted by Crippen LogP contribution is -2.55. The average molecular weight is 199 g/mol. The van der Waals surface area contributed by atoms with Gasteiger partial charge in [-0.2, -0.15) is 0 Å². The number of ether oxygens (including phenoxy) is 2. The fourth-order valence-electron chi connectivity index (χ4n) is 2.43. The molecular formula is C10H17NO3. The van der Waals surface area contributed by atoms with Crippen molar-refractivity contribution in [3.63, 3.8) is 0 Å². The van der Waals surface area contributed by atoms with Gasteiger partial charge in [0.05, 0.1) is 12.5 Å². The van der Waals surface area contributed by atoms with Crippen LogP contribution < -0.4 is 5.32 Å². The SMILES string of the molecule is CO[C@@H]1CC(=O)N[C@]12CCC[C@H](C)O2. The third kappa shape index (κ3) is 1.53. The first kappa shape index (κ1) is 9.93. The van der Waals surface area contributed by atoms with Gasteiger partial charge in [0.2, 0.25) is 5.91 Å². The van der Waals surface area contributed by atoms with E-state index in [0.29, 0.717) is 6.42 Å². The summed E-state index contributed by atoms with van der Waals surface area (Å²) in [6, 6.07) is 0. The molecule has 2 aliphatic heterocycles. The van der Waals surface area contributed by atoms with Crippen LogP contribution in [0.4, 0.5) is 0 Å². The van der Waals surface area contributed by atoms with Crippen molar-refractivity contribution in [1.82, 2.24) is 5.32 Å². The zero-order valence-electron chi connectivity index (χ0n) is 8.71. The molecule has 2 aliphatic rings. The Morgan fingerprint density at radius 2 is 2.43 bits per heavy atom. The van der Waals surface area contributed by atoms with Gasteiger partial charge >= 0.3 is 0 Å². The van der Waals surface area contributed by atoms with E-state index in [1.807, 2.05) is 6.92 Å². The highest BCUT2D eigenvalue weighted by atomic mass is 16.6. The van der Waals surface area contributed by atoms with E-state index >= 15 is 0 Å². The number of rotatable bonds is 1. The third-order valence-electron chi connectivity index (χ3n) is 3.10. The summed E-state index contributed by atoms with van der Waals surface area (Å²) in [6.45, 7) is 2.04. The van der Waals surface area contributed by atoms with Crippen LogP contribution >= 0.6 is 0 Å². The molecule has 2 heterocycles. The molecule has 0 bridgehead atoms. The van der Waals surface area contributed by atoms with Crippen molar-refractivity contribution in [3.8, 4) is 0 Å². The van der Waals surface area contributed by atoms with Crippen LogP contribution in [0.15, 0.2) is 0 Å². The van der Waals surface area contributed by atoms with Crippen LogP contribution in [0.25, 0.3) is 0 Å². The molecule has 80 valence electrons. The minimum atomic E-state index is -0.538. The number of carbonyl (C=O) groups is 1. The Balaban J connectivity index is 2.15. The molecule has 0 aromatic carbocycles. The summed E-state index contributed by atoms with van der Waals surface area (Å²) in [7, 11) is 1.63. The number of methoxy groups -OCH3 is 1. The first-order valence-corrected chi connectivity index (χ1v) is 5.18. The molecule has 4 nitrogen and oxygen atoms in total. The van der Waals surface area contributed by atoms with Crippen molar-refractivity contribution in [1.29, 1.82) is 0 Å². The second-order valence-electron chi connectivity index (χ2n) is 4.19. The van der Waals surface area contributed by atoms with E-state index in [1.54, 1.807) is 7.11 Å². The number of amides is 1. The molecule has 1 amide bonds. The standard InChI is InChI=1S/C10H17NO3/c1-7-4-3-5-10(14-7)8(13-2)6-9(12)11-10/h7-8H,3-6H2,1-2H3,(H,11,12)/t7-,8+,10-/m0/s1. The minimum absolute atomic E-state index is 0.0333. The topological polar surface area (TPSA) is 47.6 Å². The second kappa shape index (κ2) is 3.51. The Labute approximate surface area is 84.0 Å². The van der Waals surface area contributed by atoms with Gasteiger partial charge in [-0.05, 0) is 26.2 Å². The summed E-state index contributed by atoms with van der Waals surface area (Å²) < 4.78 is 11.2. The third-order valence-corrected chi connectivity index (χ3v) is 3.10. The summed E-state index contributed by atoms with van der Waals surface area (Å²) in [5, 5.41) is 2.91. The highest BCUT2D eigenvalue weighted by Crippen LogP contribution is 2.35. The van der Waals surface area contributed by atoms with Crippen LogP contribution in [0, 0.1) is 0 Å². The van der Waals surface area contributed by atoms with Crippen molar-refractivity contribution >= 4 is 5.91 Å². The first-order chi connectivity index (χ1) is 6.66. The van der Waals surface area contributed by atoms with Crippen molar-refractivity contribution in [2.24, 2.45) is 0 Å². The average Bonchev–Trinajstić information content (AvgIpc) is 2.41. The van der Waals surface area contributed by atoms with Gasteiger partial charge in [-0.1, -0.05) is 0 Å². The summed E-state index contributed by atoms with van der Waals surface area (Å²) in [4.78, 5) is 11.3. The van der Waals surface area contributed by atoms with Crippen LogP contribution in [-0.4, -0.2) is 30.9 Å². The predicted octanol–water partition coefficient (Wildman–Crippen LogP) is 0.807. The molecule has 1 spiro atoms. The Bertz CT molecular complexity index is 244. The van der Waals surface area contributed by atoms with Gasteiger partial charge in [0.15, 0.2) is 5.72 Å². The van der Waals surface area contributed by atoms with E-state index in [1.165, 1.54) is 0 Å². The Kier molecular flexibility index (Phi) is 2.49. The summed E-state index contributed by atoms with van der Waals surface area (Å²) in [5.41, 5.74) is -0.538. The highest BCUT2D eigenvalue weighted by Gasteiger charge is 2.50. The van der Waals surface area contributed by atoms with E-state index in [4.69, 9.17) is 9.47 Å². The molecule has 0 saturated carbocycles. The Morgan fingerprint density at radius 3 is 3.07 bits per heavy atom. The van der Waals surface area contributed by atoms with Crippen LogP contribution in [0.5, 0.6) is 0 Å². The molecule has 0 unspecified atom stereocenters. The second-order valence-corrected chi connectivity index (χ2v) is 4.19. The van der Waals surface area contributed by atoms with Gasteiger partial charge in [-0.3, -0.25) is 4.79 Å². The van der Waals surface area contributed by atoms with E-state index < -0.39 is 5.72 Å². The quantitative estimate of drug-likeness (QED) is 0.679. The van der Waals surface area contributed by atoms with Crippen LogP contribution in [0.2, 0.25) is 0 Å². The van der Waals surface area contributed by atoms with Crippen molar-refractivity contribution in [3.05, 3.63) is 0 Å². The van der Waals surface area contributed by atoms with Crippen LogP contribution in [0.3, 0.4) is 0 Å². The van der Waals surface area contributed by atoms with Crippen molar-refractivity contribution in [2.75, 3.05) is 7.11 Å². The van der Waals surface area contributed by atoms with Gasteiger partial charge in [-0.15, -0.1) is 0 Å². The first-order valence-electron chi connectivity index (χ1n) is 5.18. The summed E-state index contributed by atoms with van der Waals surface area (Å²) in [5.74, 6) is 0.0333. The molecule has 0 radical (unpaired) electrons. The Hall–Kier alpha value is -0.610. The number of nitrogens with one attached hydrogen (secondary N) is 1. The van der Waals surface area contributed by atoms with Gasteiger partial charge in [0, 0.05) is 7.11 Å². The minimum Gasteiger partial charge on any atom is -0.376 e. The molecule has 4 heteroatoms. The van der Waals surface area contributed by atoms with Crippen LogP contribution in [-0.2, 0) is 14.3 Å². The summed E-state index contributed by atoms with van der Waals surface area (Å²) >= 11 is 0. The number of hydrogen-bond acceptors (Lipinski definition) is 3. The van der Waals surface area contributed by atoms with Gasteiger partial charge in [0.1, 0.15) is 6.10 Å². The fourth-order valence-corrected chi connectivity index (χ4v) is 2.43. The maximum Gasteiger partial charge on any atom is 0.225 e. The molecular weight excluding hydrogens is 182 g/mol. The fraction of sp³-hybridized carbons (Fsp3) is 0.900. The smallest absolute Gasteiger partial charge is 0.225 e. The monoisotopic (exact) mass is 199 g/mol. The maximum atomic E-state index is 11.3. The zero-order valence-corrected chi connectivity index (χ0v) is 8.71. The highest BCUT2D eigenvalue weighted by molar-refractivity contribution is 5.80. The van der Waals surface area contributed by atoms with E-state index in [0.717, 1.165) is 19.3 Å². The molecule has 2 saturated heterocycles. The van der Waals surface area contributed by atoms with E-state index in [9.17, 15) is 4.79 Å². The molecule has 0 aromatic heterocycles. The lowest BCUT2D eigenvalue weighted by atomic mass is 9.96. The normalized spacial score (nSPS) is 42.9. The largest absolute Gasteiger partial charge is 0.376 e. The molecule has 3 atom stereocenters. The predicted molar refractivity (Wildman–Crippen MR) is 50.7 cm³/mol.